The molecule has 2 amide bonds. The minimum atomic E-state index is -0.527. The van der Waals surface area contributed by atoms with Crippen LogP contribution in [0.1, 0.15) is 48.6 Å². The number of halogens is 1. The van der Waals surface area contributed by atoms with Gasteiger partial charge in [-0.2, -0.15) is 0 Å². The van der Waals surface area contributed by atoms with Gasteiger partial charge in [-0.3, -0.25) is 14.6 Å². The maximum absolute atomic E-state index is 13.8. The minimum absolute atomic E-state index is 0.0101. The predicted molar refractivity (Wildman–Crippen MR) is 111 cm³/mol. The molecule has 31 heavy (non-hydrogen) atoms. The van der Waals surface area contributed by atoms with Gasteiger partial charge in [-0.15, -0.1) is 0 Å². The number of likely N-dealkylation sites (tertiary alicyclic amines) is 1. The Kier molecular flexibility index (Phi) is 5.22. The fraction of sp³-hybridized carbons (Fsp3) is 0.458. The molecule has 2 aliphatic heterocycles. The molecule has 7 heteroatoms. The van der Waals surface area contributed by atoms with Gasteiger partial charge >= 0.3 is 0 Å². The molecule has 6 nitrogen and oxygen atoms in total. The SMILES string of the molecule is O=C(NCc1ncccc1F)[C@@H]1CC2(CC2)CN1C(=O)CC1OCCc2ccccc21. The van der Waals surface area contributed by atoms with Crippen molar-refractivity contribution >= 4 is 11.8 Å². The second kappa shape index (κ2) is 8.04. The molecule has 0 bridgehead atoms. The highest BCUT2D eigenvalue weighted by molar-refractivity contribution is 5.89. The number of amides is 2. The number of carbonyl (C=O) groups excluding carboxylic acids is 2. The molecule has 2 fully saturated rings. The average molecular weight is 423 g/mol. The molecule has 3 heterocycles. The number of pyridine rings is 1. The van der Waals surface area contributed by atoms with Gasteiger partial charge in [-0.05, 0) is 54.4 Å². The fourth-order valence-electron chi connectivity index (χ4n) is 4.85. The van der Waals surface area contributed by atoms with Crippen LogP contribution >= 0.6 is 0 Å². The summed E-state index contributed by atoms with van der Waals surface area (Å²) in [5.74, 6) is -0.754. The second-order valence-corrected chi connectivity index (χ2v) is 8.90. The lowest BCUT2D eigenvalue weighted by Crippen LogP contribution is -2.46. The van der Waals surface area contributed by atoms with Crippen LogP contribution in [-0.2, 0) is 27.3 Å². The van der Waals surface area contributed by atoms with Crippen LogP contribution in [0.4, 0.5) is 4.39 Å². The maximum atomic E-state index is 13.8. The molecule has 1 spiro atoms. The van der Waals surface area contributed by atoms with E-state index in [4.69, 9.17) is 4.74 Å². The summed E-state index contributed by atoms with van der Waals surface area (Å²) >= 11 is 0. The number of benzene rings is 1. The Morgan fingerprint density at radius 1 is 1.23 bits per heavy atom. The minimum Gasteiger partial charge on any atom is -0.373 e. The molecule has 162 valence electrons. The number of carbonyl (C=O) groups is 2. The Morgan fingerprint density at radius 2 is 2.06 bits per heavy atom. The molecule has 1 aromatic heterocycles. The summed E-state index contributed by atoms with van der Waals surface area (Å²) in [5, 5.41) is 2.78. The molecular weight excluding hydrogens is 397 g/mol. The summed E-state index contributed by atoms with van der Waals surface area (Å²) in [7, 11) is 0. The van der Waals surface area contributed by atoms with Gasteiger partial charge < -0.3 is 15.0 Å². The van der Waals surface area contributed by atoms with Gasteiger partial charge in [-0.25, -0.2) is 4.39 Å². The smallest absolute Gasteiger partial charge is 0.243 e. The summed E-state index contributed by atoms with van der Waals surface area (Å²) in [4.78, 5) is 31.9. The van der Waals surface area contributed by atoms with Crippen LogP contribution in [0.5, 0.6) is 0 Å². The van der Waals surface area contributed by atoms with Crippen LogP contribution in [0.3, 0.4) is 0 Å². The quantitative estimate of drug-likeness (QED) is 0.803. The highest BCUT2D eigenvalue weighted by Crippen LogP contribution is 2.55. The van der Waals surface area contributed by atoms with Crippen molar-refractivity contribution in [3.05, 3.63) is 65.2 Å². The Labute approximate surface area is 180 Å². The third-order valence-corrected chi connectivity index (χ3v) is 6.81. The van der Waals surface area contributed by atoms with Crippen molar-refractivity contribution in [1.82, 2.24) is 15.2 Å². The predicted octanol–water partition coefficient (Wildman–Crippen LogP) is 2.92. The van der Waals surface area contributed by atoms with Gasteiger partial charge in [0.05, 0.1) is 31.4 Å². The number of fused-ring (bicyclic) bond motifs is 1. The first-order valence-electron chi connectivity index (χ1n) is 10.9. The highest BCUT2D eigenvalue weighted by atomic mass is 19.1. The van der Waals surface area contributed by atoms with Crippen molar-refractivity contribution in [2.75, 3.05) is 13.2 Å². The highest BCUT2D eigenvalue weighted by Gasteiger charge is 2.55. The second-order valence-electron chi connectivity index (χ2n) is 8.90. The van der Waals surface area contributed by atoms with Crippen molar-refractivity contribution in [2.45, 2.75) is 50.8 Å². The standard InChI is InChI=1S/C24H26FN3O3/c25-18-6-3-10-26-19(18)14-27-23(30)20-13-24(8-9-24)15-28(20)22(29)12-21-17-5-2-1-4-16(17)7-11-31-21/h1-6,10,20-21H,7-9,11-15H2,(H,27,30)/t20-,21?/m0/s1. The van der Waals surface area contributed by atoms with E-state index in [0.717, 1.165) is 24.8 Å². The van der Waals surface area contributed by atoms with E-state index in [-0.39, 0.29) is 42.0 Å². The van der Waals surface area contributed by atoms with Crippen LogP contribution in [0.15, 0.2) is 42.6 Å². The first kappa shape index (κ1) is 20.1. The summed E-state index contributed by atoms with van der Waals surface area (Å²) in [6.07, 6.45) is 5.04. The van der Waals surface area contributed by atoms with E-state index >= 15 is 0 Å². The first-order valence-corrected chi connectivity index (χ1v) is 10.9. The Balaban J connectivity index is 1.28. The molecule has 1 unspecified atom stereocenters. The van der Waals surface area contributed by atoms with Gasteiger partial charge in [0.1, 0.15) is 11.9 Å². The topological polar surface area (TPSA) is 71.5 Å². The Bertz CT molecular complexity index is 1010. The number of nitrogens with one attached hydrogen (secondary N) is 1. The van der Waals surface area contributed by atoms with Gasteiger partial charge in [0.25, 0.3) is 0 Å². The van der Waals surface area contributed by atoms with Crippen LogP contribution in [0, 0.1) is 11.2 Å². The van der Waals surface area contributed by atoms with E-state index in [1.54, 1.807) is 4.90 Å². The van der Waals surface area contributed by atoms with Crippen LogP contribution in [0.2, 0.25) is 0 Å². The molecule has 2 aromatic rings. The summed E-state index contributed by atoms with van der Waals surface area (Å²) in [6.45, 7) is 1.21. The third-order valence-electron chi connectivity index (χ3n) is 6.81. The average Bonchev–Trinajstić information content (AvgIpc) is 3.43. The number of hydrogen-bond donors (Lipinski definition) is 1. The lowest BCUT2D eigenvalue weighted by Gasteiger charge is -2.29. The van der Waals surface area contributed by atoms with Gasteiger partial charge in [0, 0.05) is 12.7 Å². The zero-order valence-electron chi connectivity index (χ0n) is 17.4. The van der Waals surface area contributed by atoms with E-state index < -0.39 is 11.9 Å². The van der Waals surface area contributed by atoms with E-state index in [0.29, 0.717) is 19.6 Å². The molecule has 2 atom stereocenters. The molecule has 1 N–H and O–H groups in total. The summed E-state index contributed by atoms with van der Waals surface area (Å²) in [5.41, 5.74) is 2.55. The zero-order chi connectivity index (χ0) is 21.4. The molecule has 1 aliphatic carbocycles. The third kappa shape index (κ3) is 4.06. The number of nitrogens with zero attached hydrogens (tertiary/aromatic N) is 2. The largest absolute Gasteiger partial charge is 0.373 e. The number of rotatable bonds is 5. The normalized spacial score (nSPS) is 23.5. The van der Waals surface area contributed by atoms with Crippen LogP contribution in [0.25, 0.3) is 0 Å². The van der Waals surface area contributed by atoms with E-state index in [1.165, 1.54) is 23.9 Å². The molecule has 1 aromatic carbocycles. The molecular formula is C24H26FN3O3. The van der Waals surface area contributed by atoms with Crippen LogP contribution in [-0.4, -0.2) is 40.9 Å². The molecule has 1 saturated carbocycles. The number of hydrogen-bond acceptors (Lipinski definition) is 4. The van der Waals surface area contributed by atoms with E-state index in [2.05, 4.69) is 16.4 Å². The van der Waals surface area contributed by atoms with E-state index in [1.807, 2.05) is 18.2 Å². The van der Waals surface area contributed by atoms with Gasteiger partial charge in [0.15, 0.2) is 0 Å². The van der Waals surface area contributed by atoms with Gasteiger partial charge in [-0.1, -0.05) is 24.3 Å². The van der Waals surface area contributed by atoms with Crippen molar-refractivity contribution in [3.8, 4) is 0 Å². The molecule has 1 saturated heterocycles. The molecule has 5 rings (SSSR count). The lowest BCUT2D eigenvalue weighted by atomic mass is 9.95. The Hall–Kier alpha value is -2.80. The van der Waals surface area contributed by atoms with Crippen molar-refractivity contribution in [1.29, 1.82) is 0 Å². The number of ether oxygens (including phenoxy) is 1. The van der Waals surface area contributed by atoms with E-state index in [9.17, 15) is 14.0 Å². The van der Waals surface area contributed by atoms with Crippen molar-refractivity contribution in [3.63, 3.8) is 0 Å². The zero-order valence-corrected chi connectivity index (χ0v) is 17.4. The summed E-state index contributed by atoms with van der Waals surface area (Å²) < 4.78 is 19.8. The lowest BCUT2D eigenvalue weighted by molar-refractivity contribution is -0.141. The summed E-state index contributed by atoms with van der Waals surface area (Å²) in [6, 6.07) is 10.4. The van der Waals surface area contributed by atoms with Crippen molar-refractivity contribution in [2.24, 2.45) is 5.41 Å². The van der Waals surface area contributed by atoms with Crippen LogP contribution < -0.4 is 5.32 Å². The Morgan fingerprint density at radius 3 is 2.87 bits per heavy atom. The monoisotopic (exact) mass is 423 g/mol. The first-order chi connectivity index (χ1) is 15.0. The molecule has 3 aliphatic rings. The molecule has 0 radical (unpaired) electrons. The fourth-order valence-corrected chi connectivity index (χ4v) is 4.85. The maximum Gasteiger partial charge on any atom is 0.243 e. The number of aromatic nitrogens is 1. The van der Waals surface area contributed by atoms with Gasteiger partial charge in [0.2, 0.25) is 11.8 Å². The van der Waals surface area contributed by atoms with Crippen molar-refractivity contribution < 1.29 is 18.7 Å².